The Hall–Kier alpha value is -1.16. The Labute approximate surface area is 154 Å². The maximum absolute atomic E-state index is 13.7. The molecule has 1 amide bonds. The molecule has 1 aromatic heterocycles. The van der Waals surface area contributed by atoms with Crippen LogP contribution in [0.4, 0.5) is 5.13 Å². The minimum absolute atomic E-state index is 0.0933. The van der Waals surface area contributed by atoms with Crippen molar-refractivity contribution >= 4 is 22.4 Å². The lowest BCUT2D eigenvalue weighted by Gasteiger charge is -2.56. The zero-order valence-corrected chi connectivity index (χ0v) is 15.8. The van der Waals surface area contributed by atoms with E-state index in [0.717, 1.165) is 55.0 Å². The number of nitrogens with zero attached hydrogens (tertiary/aromatic N) is 2. The molecule has 0 spiro atoms. The topological polar surface area (TPSA) is 33.2 Å². The highest BCUT2D eigenvalue weighted by Gasteiger charge is 2.55. The Bertz CT molecular complexity index is 648. The summed E-state index contributed by atoms with van der Waals surface area (Å²) in [5.74, 6) is 2.75. The molecule has 0 aliphatic heterocycles. The van der Waals surface area contributed by atoms with Gasteiger partial charge in [-0.25, -0.2) is 4.98 Å². The van der Waals surface area contributed by atoms with Gasteiger partial charge in [0.2, 0.25) is 5.91 Å². The molecule has 0 radical (unpaired) electrons. The number of hydrogen-bond donors (Lipinski definition) is 0. The van der Waals surface area contributed by atoms with Gasteiger partial charge in [0.25, 0.3) is 0 Å². The summed E-state index contributed by atoms with van der Waals surface area (Å²) in [4.78, 5) is 22.0. The minimum atomic E-state index is -0.0933. The molecular weight excluding hydrogens is 328 g/mol. The average Bonchev–Trinajstić information content (AvgIpc) is 3.01. The van der Waals surface area contributed by atoms with Crippen LogP contribution in [0, 0.1) is 23.2 Å². The SMILES string of the molecule is C=CCN(C(=O)C12CC3CC(CC(C3)C1)C2)c1nc2c(s1)CCCC2. The van der Waals surface area contributed by atoms with Crippen LogP contribution in [0.5, 0.6) is 0 Å². The average molecular weight is 357 g/mol. The van der Waals surface area contributed by atoms with Gasteiger partial charge in [0.15, 0.2) is 5.13 Å². The highest BCUT2D eigenvalue weighted by Crippen LogP contribution is 2.60. The maximum atomic E-state index is 13.7. The molecule has 4 fully saturated rings. The lowest BCUT2D eigenvalue weighted by atomic mass is 9.49. The van der Waals surface area contributed by atoms with Gasteiger partial charge in [-0.05, 0) is 82.0 Å². The first kappa shape index (κ1) is 16.0. The molecule has 0 unspecified atom stereocenters. The van der Waals surface area contributed by atoms with Gasteiger partial charge in [-0.3, -0.25) is 9.69 Å². The molecule has 1 aromatic rings. The largest absolute Gasteiger partial charge is 0.284 e. The molecule has 0 aromatic carbocycles. The van der Waals surface area contributed by atoms with E-state index in [1.165, 1.54) is 42.7 Å². The quantitative estimate of drug-likeness (QED) is 0.729. The predicted molar refractivity (Wildman–Crippen MR) is 102 cm³/mol. The van der Waals surface area contributed by atoms with Crippen LogP contribution in [0.2, 0.25) is 0 Å². The van der Waals surface area contributed by atoms with Gasteiger partial charge in [0.05, 0.1) is 11.1 Å². The molecule has 134 valence electrons. The van der Waals surface area contributed by atoms with Crippen molar-refractivity contribution < 1.29 is 4.79 Å². The summed E-state index contributed by atoms with van der Waals surface area (Å²) in [5, 5.41) is 0.938. The monoisotopic (exact) mass is 356 g/mol. The summed E-state index contributed by atoms with van der Waals surface area (Å²) in [6.07, 6.45) is 14.1. The molecule has 0 atom stereocenters. The Morgan fingerprint density at radius 3 is 2.40 bits per heavy atom. The van der Waals surface area contributed by atoms with E-state index >= 15 is 0 Å². The molecule has 0 saturated heterocycles. The van der Waals surface area contributed by atoms with E-state index in [0.29, 0.717) is 12.5 Å². The number of rotatable bonds is 4. The van der Waals surface area contributed by atoms with Crippen LogP contribution < -0.4 is 4.90 Å². The molecule has 6 rings (SSSR count). The van der Waals surface area contributed by atoms with Crippen LogP contribution >= 0.6 is 11.3 Å². The minimum Gasteiger partial charge on any atom is -0.284 e. The second-order valence-corrected chi connectivity index (χ2v) is 10.0. The summed E-state index contributed by atoms with van der Waals surface area (Å²) in [6.45, 7) is 4.52. The van der Waals surface area contributed by atoms with Crippen molar-refractivity contribution in [3.8, 4) is 0 Å². The molecule has 5 aliphatic carbocycles. The lowest BCUT2D eigenvalue weighted by molar-refractivity contribution is -0.143. The summed E-state index contributed by atoms with van der Waals surface area (Å²) >= 11 is 1.76. The van der Waals surface area contributed by atoms with Crippen LogP contribution in [0.25, 0.3) is 0 Å². The van der Waals surface area contributed by atoms with Crippen molar-refractivity contribution in [3.05, 3.63) is 23.2 Å². The normalized spacial score (nSPS) is 35.4. The van der Waals surface area contributed by atoms with Gasteiger partial charge in [0.1, 0.15) is 0 Å². The molecule has 1 heterocycles. The fourth-order valence-electron chi connectivity index (χ4n) is 6.49. The fourth-order valence-corrected chi connectivity index (χ4v) is 7.65. The van der Waals surface area contributed by atoms with E-state index in [1.807, 2.05) is 11.0 Å². The highest BCUT2D eigenvalue weighted by molar-refractivity contribution is 7.16. The van der Waals surface area contributed by atoms with E-state index in [4.69, 9.17) is 4.98 Å². The van der Waals surface area contributed by atoms with Crippen molar-refractivity contribution in [2.75, 3.05) is 11.4 Å². The van der Waals surface area contributed by atoms with Crippen molar-refractivity contribution in [1.82, 2.24) is 4.98 Å². The van der Waals surface area contributed by atoms with Gasteiger partial charge in [0, 0.05) is 11.4 Å². The van der Waals surface area contributed by atoms with Gasteiger partial charge < -0.3 is 0 Å². The number of fused-ring (bicyclic) bond motifs is 1. The number of carbonyl (C=O) groups excluding carboxylic acids is 1. The van der Waals surface area contributed by atoms with Crippen molar-refractivity contribution in [3.63, 3.8) is 0 Å². The second kappa shape index (κ2) is 5.94. The first-order valence-corrected chi connectivity index (χ1v) is 10.9. The van der Waals surface area contributed by atoms with E-state index in [-0.39, 0.29) is 5.41 Å². The first-order valence-electron chi connectivity index (χ1n) is 10.1. The Kier molecular flexibility index (Phi) is 3.81. The van der Waals surface area contributed by atoms with Gasteiger partial charge >= 0.3 is 0 Å². The molecule has 25 heavy (non-hydrogen) atoms. The Morgan fingerprint density at radius 1 is 1.16 bits per heavy atom. The third-order valence-electron chi connectivity index (χ3n) is 7.11. The Morgan fingerprint density at radius 2 is 1.80 bits per heavy atom. The van der Waals surface area contributed by atoms with Crippen LogP contribution in [-0.4, -0.2) is 17.4 Å². The molecule has 5 aliphatic rings. The zero-order valence-electron chi connectivity index (χ0n) is 15.0. The molecule has 4 heteroatoms. The fraction of sp³-hybridized carbons (Fsp3) is 0.714. The zero-order chi connectivity index (χ0) is 17.0. The molecular formula is C21H28N2OS. The lowest BCUT2D eigenvalue weighted by Crippen LogP contribution is -2.54. The van der Waals surface area contributed by atoms with Gasteiger partial charge in [-0.15, -0.1) is 17.9 Å². The number of aromatic nitrogens is 1. The van der Waals surface area contributed by atoms with Crippen molar-refractivity contribution in [1.29, 1.82) is 0 Å². The standard InChI is InChI=1S/C21H28N2OS/c1-2-7-23(20-22-17-5-3-4-6-18(17)25-20)19(24)21-11-14-8-15(12-21)10-16(9-14)13-21/h2,14-16H,1,3-13H2. The predicted octanol–water partition coefficient (Wildman–Crippen LogP) is 4.76. The summed E-state index contributed by atoms with van der Waals surface area (Å²) in [5.41, 5.74) is 1.16. The third kappa shape index (κ3) is 2.59. The van der Waals surface area contributed by atoms with Gasteiger partial charge in [-0.1, -0.05) is 6.08 Å². The summed E-state index contributed by atoms with van der Waals surface area (Å²) in [7, 11) is 0. The summed E-state index contributed by atoms with van der Waals surface area (Å²) in [6, 6.07) is 0. The highest BCUT2D eigenvalue weighted by atomic mass is 32.1. The van der Waals surface area contributed by atoms with Crippen molar-refractivity contribution in [2.24, 2.45) is 23.2 Å². The van der Waals surface area contributed by atoms with E-state index < -0.39 is 0 Å². The first-order chi connectivity index (χ1) is 12.2. The number of hydrogen-bond acceptors (Lipinski definition) is 3. The van der Waals surface area contributed by atoms with Crippen LogP contribution in [-0.2, 0) is 17.6 Å². The molecule has 4 bridgehead atoms. The second-order valence-electron chi connectivity index (χ2n) is 8.98. The van der Waals surface area contributed by atoms with Crippen molar-refractivity contribution in [2.45, 2.75) is 64.2 Å². The number of amides is 1. The van der Waals surface area contributed by atoms with Crippen LogP contribution in [0.3, 0.4) is 0 Å². The van der Waals surface area contributed by atoms with Crippen LogP contribution in [0.15, 0.2) is 12.7 Å². The molecule has 0 N–H and O–H groups in total. The number of anilines is 1. The third-order valence-corrected chi connectivity index (χ3v) is 8.29. The number of carbonyl (C=O) groups is 1. The molecule has 4 saturated carbocycles. The van der Waals surface area contributed by atoms with E-state index in [9.17, 15) is 4.79 Å². The van der Waals surface area contributed by atoms with E-state index in [2.05, 4.69) is 6.58 Å². The van der Waals surface area contributed by atoms with Gasteiger partial charge in [-0.2, -0.15) is 0 Å². The van der Waals surface area contributed by atoms with Crippen LogP contribution in [0.1, 0.15) is 61.9 Å². The maximum Gasteiger partial charge on any atom is 0.235 e. The smallest absolute Gasteiger partial charge is 0.235 e. The van der Waals surface area contributed by atoms with E-state index in [1.54, 1.807) is 11.3 Å². The number of thiazole rings is 1. The number of aryl methyl sites for hydroxylation is 2. The molecule has 3 nitrogen and oxygen atoms in total. The summed E-state index contributed by atoms with van der Waals surface area (Å²) < 4.78 is 0. The Balaban J connectivity index is 1.47.